The number of amides is 2. The number of primary amides is 1. The SMILES string of the molecule is CCCNc1ccncc1C(=O)NCCCC(N)=O. The van der Waals surface area contributed by atoms with Gasteiger partial charge in [0.2, 0.25) is 5.91 Å². The van der Waals surface area contributed by atoms with Crippen LogP contribution in [0.1, 0.15) is 36.5 Å². The molecule has 1 aromatic heterocycles. The Kier molecular flexibility index (Phi) is 6.35. The number of nitrogens with two attached hydrogens (primary N) is 1. The highest BCUT2D eigenvalue weighted by Gasteiger charge is 2.10. The lowest BCUT2D eigenvalue weighted by Crippen LogP contribution is -2.26. The molecule has 104 valence electrons. The largest absolute Gasteiger partial charge is 0.384 e. The molecule has 0 aliphatic carbocycles. The third kappa shape index (κ3) is 5.37. The Balaban J connectivity index is 2.53. The van der Waals surface area contributed by atoms with Gasteiger partial charge < -0.3 is 16.4 Å². The first kappa shape index (κ1) is 14.9. The second-order valence-electron chi connectivity index (χ2n) is 4.17. The van der Waals surface area contributed by atoms with Crippen molar-refractivity contribution in [2.45, 2.75) is 26.2 Å². The summed E-state index contributed by atoms with van der Waals surface area (Å²) in [6, 6.07) is 1.77. The minimum Gasteiger partial charge on any atom is -0.384 e. The summed E-state index contributed by atoms with van der Waals surface area (Å²) in [4.78, 5) is 26.5. The van der Waals surface area contributed by atoms with E-state index in [1.54, 1.807) is 12.3 Å². The molecule has 6 heteroatoms. The second kappa shape index (κ2) is 8.07. The zero-order valence-electron chi connectivity index (χ0n) is 11.1. The van der Waals surface area contributed by atoms with Crippen molar-refractivity contribution in [2.75, 3.05) is 18.4 Å². The van der Waals surface area contributed by atoms with Gasteiger partial charge in [-0.2, -0.15) is 0 Å². The van der Waals surface area contributed by atoms with Gasteiger partial charge in [0, 0.05) is 31.9 Å². The topological polar surface area (TPSA) is 97.1 Å². The fourth-order valence-electron chi connectivity index (χ4n) is 1.55. The minimum atomic E-state index is -0.360. The van der Waals surface area contributed by atoms with Gasteiger partial charge >= 0.3 is 0 Å². The Hall–Kier alpha value is -2.11. The number of rotatable bonds is 8. The van der Waals surface area contributed by atoms with Crippen LogP contribution in [0.3, 0.4) is 0 Å². The number of nitrogens with zero attached hydrogens (tertiary/aromatic N) is 1. The summed E-state index contributed by atoms with van der Waals surface area (Å²) < 4.78 is 0. The van der Waals surface area contributed by atoms with Gasteiger partial charge in [-0.15, -0.1) is 0 Å². The molecule has 2 amide bonds. The van der Waals surface area contributed by atoms with E-state index >= 15 is 0 Å². The minimum absolute atomic E-state index is 0.198. The molecule has 0 spiro atoms. The summed E-state index contributed by atoms with van der Waals surface area (Å²) in [5, 5.41) is 5.92. The van der Waals surface area contributed by atoms with Gasteiger partial charge in [-0.3, -0.25) is 14.6 Å². The molecule has 0 atom stereocenters. The normalized spacial score (nSPS) is 9.95. The molecule has 4 N–H and O–H groups in total. The summed E-state index contributed by atoms with van der Waals surface area (Å²) >= 11 is 0. The molecule has 0 aromatic carbocycles. The lowest BCUT2D eigenvalue weighted by Gasteiger charge is -2.10. The van der Waals surface area contributed by atoms with Gasteiger partial charge in [-0.1, -0.05) is 6.92 Å². The Morgan fingerprint density at radius 1 is 1.37 bits per heavy atom. The van der Waals surface area contributed by atoms with Crippen LogP contribution in [0.5, 0.6) is 0 Å². The molecule has 0 bridgehead atoms. The predicted molar refractivity (Wildman–Crippen MR) is 73.8 cm³/mol. The fraction of sp³-hybridized carbons (Fsp3) is 0.462. The van der Waals surface area contributed by atoms with Gasteiger partial charge in [0.05, 0.1) is 11.3 Å². The molecule has 0 unspecified atom stereocenters. The lowest BCUT2D eigenvalue weighted by atomic mass is 10.2. The van der Waals surface area contributed by atoms with Crippen molar-refractivity contribution in [3.63, 3.8) is 0 Å². The van der Waals surface area contributed by atoms with E-state index in [0.717, 1.165) is 18.7 Å². The fourth-order valence-corrected chi connectivity index (χ4v) is 1.55. The number of hydrogen-bond acceptors (Lipinski definition) is 4. The number of nitrogens with one attached hydrogen (secondary N) is 2. The summed E-state index contributed by atoms with van der Waals surface area (Å²) in [5.74, 6) is -0.558. The van der Waals surface area contributed by atoms with Crippen LogP contribution in [-0.2, 0) is 4.79 Å². The van der Waals surface area contributed by atoms with Crippen molar-refractivity contribution >= 4 is 17.5 Å². The van der Waals surface area contributed by atoms with Crippen molar-refractivity contribution in [1.82, 2.24) is 10.3 Å². The molecular formula is C13H20N4O2. The van der Waals surface area contributed by atoms with Crippen LogP contribution in [0.4, 0.5) is 5.69 Å². The molecule has 0 fully saturated rings. The summed E-state index contributed by atoms with van der Waals surface area (Å²) in [7, 11) is 0. The smallest absolute Gasteiger partial charge is 0.254 e. The van der Waals surface area contributed by atoms with E-state index in [-0.39, 0.29) is 18.2 Å². The summed E-state index contributed by atoms with van der Waals surface area (Å²) in [5.41, 5.74) is 6.30. The molecular weight excluding hydrogens is 244 g/mol. The van der Waals surface area contributed by atoms with E-state index in [9.17, 15) is 9.59 Å². The van der Waals surface area contributed by atoms with Gasteiger partial charge in [0.25, 0.3) is 5.91 Å². The number of hydrogen-bond donors (Lipinski definition) is 3. The summed E-state index contributed by atoms with van der Waals surface area (Å²) in [6.07, 6.45) is 4.96. The average molecular weight is 264 g/mol. The van der Waals surface area contributed by atoms with E-state index in [4.69, 9.17) is 5.73 Å². The Labute approximate surface area is 112 Å². The number of carbonyl (C=O) groups is 2. The van der Waals surface area contributed by atoms with Crippen molar-refractivity contribution in [3.05, 3.63) is 24.0 Å². The van der Waals surface area contributed by atoms with Crippen LogP contribution in [-0.4, -0.2) is 29.9 Å². The van der Waals surface area contributed by atoms with E-state index in [1.807, 2.05) is 0 Å². The van der Waals surface area contributed by atoms with Crippen LogP contribution in [0.15, 0.2) is 18.5 Å². The van der Waals surface area contributed by atoms with Gasteiger partial charge in [-0.25, -0.2) is 0 Å². The highest BCUT2D eigenvalue weighted by atomic mass is 16.2. The van der Waals surface area contributed by atoms with E-state index < -0.39 is 0 Å². The maximum atomic E-state index is 12.0. The van der Waals surface area contributed by atoms with Crippen molar-refractivity contribution in [3.8, 4) is 0 Å². The zero-order valence-corrected chi connectivity index (χ0v) is 11.1. The first-order valence-corrected chi connectivity index (χ1v) is 6.39. The molecule has 1 aromatic rings. The molecule has 6 nitrogen and oxygen atoms in total. The number of pyridine rings is 1. The van der Waals surface area contributed by atoms with Gasteiger partial charge in [-0.05, 0) is 18.9 Å². The van der Waals surface area contributed by atoms with Gasteiger partial charge in [0.1, 0.15) is 0 Å². The van der Waals surface area contributed by atoms with Crippen molar-refractivity contribution < 1.29 is 9.59 Å². The first-order valence-electron chi connectivity index (χ1n) is 6.39. The van der Waals surface area contributed by atoms with E-state index in [0.29, 0.717) is 18.5 Å². The Morgan fingerprint density at radius 2 is 2.16 bits per heavy atom. The lowest BCUT2D eigenvalue weighted by molar-refractivity contribution is -0.118. The van der Waals surface area contributed by atoms with E-state index in [2.05, 4.69) is 22.5 Å². The van der Waals surface area contributed by atoms with E-state index in [1.165, 1.54) is 6.20 Å². The number of carbonyl (C=O) groups excluding carboxylic acids is 2. The molecule has 0 aliphatic heterocycles. The number of anilines is 1. The Bertz CT molecular complexity index is 434. The van der Waals surface area contributed by atoms with Crippen LogP contribution >= 0.6 is 0 Å². The molecule has 19 heavy (non-hydrogen) atoms. The van der Waals surface area contributed by atoms with Crippen LogP contribution in [0.25, 0.3) is 0 Å². The molecule has 0 saturated carbocycles. The van der Waals surface area contributed by atoms with Gasteiger partial charge in [0.15, 0.2) is 0 Å². The van der Waals surface area contributed by atoms with Crippen molar-refractivity contribution in [2.24, 2.45) is 5.73 Å². The third-order valence-corrected chi connectivity index (χ3v) is 2.52. The zero-order chi connectivity index (χ0) is 14.1. The highest BCUT2D eigenvalue weighted by molar-refractivity contribution is 5.99. The first-order chi connectivity index (χ1) is 9.15. The molecule has 0 aliphatic rings. The van der Waals surface area contributed by atoms with Crippen LogP contribution in [0, 0.1) is 0 Å². The predicted octanol–water partition coefficient (Wildman–Crippen LogP) is 0.899. The maximum Gasteiger partial charge on any atom is 0.254 e. The van der Waals surface area contributed by atoms with Crippen molar-refractivity contribution in [1.29, 1.82) is 0 Å². The molecule has 0 radical (unpaired) electrons. The molecule has 1 heterocycles. The summed E-state index contributed by atoms with van der Waals surface area (Å²) in [6.45, 7) is 3.27. The quantitative estimate of drug-likeness (QED) is 0.608. The molecule has 1 rings (SSSR count). The maximum absolute atomic E-state index is 12.0. The molecule has 0 saturated heterocycles. The number of aromatic nitrogens is 1. The van der Waals surface area contributed by atoms with Crippen LogP contribution < -0.4 is 16.4 Å². The second-order valence-corrected chi connectivity index (χ2v) is 4.17. The highest BCUT2D eigenvalue weighted by Crippen LogP contribution is 2.13. The average Bonchev–Trinajstić information content (AvgIpc) is 2.41. The Morgan fingerprint density at radius 3 is 2.84 bits per heavy atom. The third-order valence-electron chi connectivity index (χ3n) is 2.52. The standard InChI is InChI=1S/C13H20N4O2/c1-2-6-16-11-5-8-15-9-10(11)13(19)17-7-3-4-12(14)18/h5,8-9H,2-4,6-7H2,1H3,(H2,14,18)(H,15,16)(H,17,19). The monoisotopic (exact) mass is 264 g/mol. The van der Waals surface area contributed by atoms with Crippen LogP contribution in [0.2, 0.25) is 0 Å².